The van der Waals surface area contributed by atoms with E-state index in [1.807, 2.05) is 32.3 Å². The van der Waals surface area contributed by atoms with Crippen molar-refractivity contribution in [2.75, 3.05) is 37.0 Å². The third kappa shape index (κ3) is 3.84. The van der Waals surface area contributed by atoms with E-state index < -0.39 is 16.8 Å². The van der Waals surface area contributed by atoms with Crippen molar-refractivity contribution in [2.24, 2.45) is 0 Å². The number of benzene rings is 2. The molecule has 0 amide bonds. The summed E-state index contributed by atoms with van der Waals surface area (Å²) in [4.78, 5) is 4.36. The molecule has 0 aromatic heterocycles. The molecule has 1 fully saturated rings. The lowest BCUT2D eigenvalue weighted by molar-refractivity contribution is -0.000291. The van der Waals surface area contributed by atoms with Crippen molar-refractivity contribution < 1.29 is 13.5 Å². The molecule has 2 atom stereocenters. The largest absolute Gasteiger partial charge is 0.772 e. The van der Waals surface area contributed by atoms with Crippen LogP contribution in [0.3, 0.4) is 0 Å². The molecule has 6 heteroatoms. The minimum absolute atomic E-state index is 0.0284. The van der Waals surface area contributed by atoms with Gasteiger partial charge in [0.1, 0.15) is 0 Å². The van der Waals surface area contributed by atoms with Crippen molar-refractivity contribution >= 4 is 28.5 Å². The summed E-state index contributed by atoms with van der Waals surface area (Å²) < 4.78 is 28.7. The van der Waals surface area contributed by atoms with E-state index in [2.05, 4.69) is 72.2 Å². The minimum atomic E-state index is -2.10. The van der Waals surface area contributed by atoms with Gasteiger partial charge < -0.3 is 19.1 Å². The molecule has 2 aliphatic heterocycles. The zero-order valence-corrected chi connectivity index (χ0v) is 19.3. The second-order valence-electron chi connectivity index (χ2n) is 8.83. The number of hydrogen-bond acceptors (Lipinski definition) is 5. The Kier molecular flexibility index (Phi) is 5.81. The first-order valence-corrected chi connectivity index (χ1v) is 11.7. The van der Waals surface area contributed by atoms with Crippen molar-refractivity contribution in [1.82, 2.24) is 0 Å². The Bertz CT molecular complexity index is 1040. The molecular formula is C25H29N2O3S-. The summed E-state index contributed by atoms with van der Waals surface area (Å²) in [5.41, 5.74) is 4.51. The number of ether oxygens (including phenoxy) is 1. The second-order valence-corrected chi connectivity index (χ2v) is 9.72. The van der Waals surface area contributed by atoms with Crippen LogP contribution in [0.2, 0.25) is 0 Å². The van der Waals surface area contributed by atoms with Gasteiger partial charge in [-0.1, -0.05) is 67.4 Å². The molecule has 0 bridgehead atoms. The van der Waals surface area contributed by atoms with Crippen molar-refractivity contribution in [3.8, 4) is 0 Å². The van der Waals surface area contributed by atoms with E-state index in [-0.39, 0.29) is 11.2 Å². The quantitative estimate of drug-likeness (QED) is 0.500. The maximum atomic E-state index is 11.2. The number of allylic oxidation sites excluding steroid dienone is 2. The van der Waals surface area contributed by atoms with Gasteiger partial charge in [-0.05, 0) is 41.0 Å². The molecule has 2 heterocycles. The molecule has 0 saturated carbocycles. The Morgan fingerprint density at radius 2 is 1.90 bits per heavy atom. The van der Waals surface area contributed by atoms with Gasteiger partial charge in [0.2, 0.25) is 0 Å². The van der Waals surface area contributed by atoms with E-state index in [4.69, 9.17) is 4.74 Å². The lowest BCUT2D eigenvalue weighted by Crippen LogP contribution is -2.51. The van der Waals surface area contributed by atoms with Crippen molar-refractivity contribution in [2.45, 2.75) is 30.7 Å². The van der Waals surface area contributed by atoms with Crippen LogP contribution in [0.25, 0.3) is 6.08 Å². The predicted molar refractivity (Wildman–Crippen MR) is 127 cm³/mol. The Morgan fingerprint density at radius 3 is 2.58 bits per heavy atom. The molecule has 2 aromatic rings. The van der Waals surface area contributed by atoms with Gasteiger partial charge in [-0.15, -0.1) is 0 Å². The van der Waals surface area contributed by atoms with Gasteiger partial charge in [0.05, 0.1) is 6.61 Å². The third-order valence-electron chi connectivity index (χ3n) is 6.38. The van der Waals surface area contributed by atoms with Crippen molar-refractivity contribution in [3.05, 3.63) is 77.4 Å². The molecule has 2 aliphatic rings. The van der Waals surface area contributed by atoms with Crippen LogP contribution in [0, 0.1) is 0 Å². The first kappa shape index (κ1) is 21.8. The van der Waals surface area contributed by atoms with Crippen LogP contribution < -0.4 is 9.80 Å². The van der Waals surface area contributed by atoms with E-state index in [9.17, 15) is 8.76 Å². The Labute approximate surface area is 187 Å². The summed E-state index contributed by atoms with van der Waals surface area (Å²) in [5.74, 6) is 0.0284. The molecular weight excluding hydrogens is 408 g/mol. The van der Waals surface area contributed by atoms with Gasteiger partial charge in [0.25, 0.3) is 0 Å². The fourth-order valence-electron chi connectivity index (χ4n) is 4.68. The monoisotopic (exact) mass is 437 g/mol. The lowest BCUT2D eigenvalue weighted by atomic mass is 9.77. The first-order chi connectivity index (χ1) is 14.7. The number of hydrogen-bond donors (Lipinski definition) is 0. The molecule has 2 aromatic carbocycles. The van der Waals surface area contributed by atoms with E-state index in [0.29, 0.717) is 6.61 Å². The number of anilines is 2. The Hall–Kier alpha value is -2.41. The van der Waals surface area contributed by atoms with E-state index in [1.54, 1.807) is 0 Å². The van der Waals surface area contributed by atoms with Gasteiger partial charge in [0, 0.05) is 43.2 Å². The number of nitrogens with zero attached hydrogens (tertiary/aromatic N) is 2. The number of rotatable bonds is 6. The summed E-state index contributed by atoms with van der Waals surface area (Å²) in [7, 11) is 4.06. The molecule has 0 N–H and O–H groups in total. The smallest absolute Gasteiger partial charge is 0.170 e. The van der Waals surface area contributed by atoms with Crippen LogP contribution in [-0.2, 0) is 27.0 Å². The van der Waals surface area contributed by atoms with Crippen LogP contribution in [-0.4, -0.2) is 41.7 Å². The number of fused-ring (bicyclic) bond motifs is 3. The predicted octanol–water partition coefficient (Wildman–Crippen LogP) is 4.23. The summed E-state index contributed by atoms with van der Waals surface area (Å²) in [5, 5.41) is 0. The summed E-state index contributed by atoms with van der Waals surface area (Å²) in [6.45, 7) is 5.80. The SMILES string of the molecule is CN(C)c1ccc(C=CC=CC23OCCN2c2cc(CS(=O)[O-])ccc2C3(C)C)cc1. The van der Waals surface area contributed by atoms with Gasteiger partial charge in [-0.3, -0.25) is 4.21 Å². The van der Waals surface area contributed by atoms with Crippen LogP contribution in [0.1, 0.15) is 30.5 Å². The second kappa shape index (κ2) is 8.26. The van der Waals surface area contributed by atoms with E-state index >= 15 is 0 Å². The van der Waals surface area contributed by atoms with Gasteiger partial charge in [-0.2, -0.15) is 0 Å². The molecule has 31 heavy (non-hydrogen) atoms. The van der Waals surface area contributed by atoms with Crippen molar-refractivity contribution in [1.29, 1.82) is 0 Å². The van der Waals surface area contributed by atoms with Gasteiger partial charge in [-0.25, -0.2) is 0 Å². The highest BCUT2D eigenvalue weighted by Crippen LogP contribution is 2.55. The summed E-state index contributed by atoms with van der Waals surface area (Å²) >= 11 is -2.10. The Balaban J connectivity index is 1.60. The fourth-order valence-corrected chi connectivity index (χ4v) is 5.14. The molecule has 5 nitrogen and oxygen atoms in total. The van der Waals surface area contributed by atoms with E-state index in [0.717, 1.165) is 23.4 Å². The maximum Gasteiger partial charge on any atom is 0.170 e. The molecule has 164 valence electrons. The third-order valence-corrected chi connectivity index (χ3v) is 6.94. The highest BCUT2D eigenvalue weighted by Gasteiger charge is 2.59. The van der Waals surface area contributed by atoms with Crippen LogP contribution >= 0.6 is 0 Å². The molecule has 0 radical (unpaired) electrons. The Morgan fingerprint density at radius 1 is 1.16 bits per heavy atom. The van der Waals surface area contributed by atoms with Gasteiger partial charge >= 0.3 is 0 Å². The average Bonchev–Trinajstić information content (AvgIpc) is 3.22. The highest BCUT2D eigenvalue weighted by atomic mass is 32.2. The van der Waals surface area contributed by atoms with Crippen LogP contribution in [0.4, 0.5) is 11.4 Å². The highest BCUT2D eigenvalue weighted by molar-refractivity contribution is 7.78. The zero-order valence-electron chi connectivity index (χ0n) is 18.5. The van der Waals surface area contributed by atoms with Crippen LogP contribution in [0.15, 0.2) is 60.7 Å². The van der Waals surface area contributed by atoms with E-state index in [1.165, 1.54) is 11.3 Å². The standard InChI is InChI=1S/C25H30N2O3S/c1-24(2)22-13-10-20(18-31(28)29)17-23(22)27-15-16-30-25(24,27)14-6-5-7-19-8-11-21(12-9-19)26(3)4/h5-14,17H,15-16,18H2,1-4H3,(H,28,29)/p-1. The zero-order chi connectivity index (χ0) is 22.2. The fraction of sp³-hybridized carbons (Fsp3) is 0.360. The molecule has 0 aliphatic carbocycles. The normalized spacial score (nSPS) is 22.8. The summed E-state index contributed by atoms with van der Waals surface area (Å²) in [6, 6.07) is 14.4. The molecule has 1 saturated heterocycles. The molecule has 4 rings (SSSR count). The topological polar surface area (TPSA) is 55.8 Å². The summed E-state index contributed by atoms with van der Waals surface area (Å²) in [6.07, 6.45) is 8.32. The molecule has 2 unspecified atom stereocenters. The lowest BCUT2D eigenvalue weighted by Gasteiger charge is -2.39. The van der Waals surface area contributed by atoms with Crippen LogP contribution in [0.5, 0.6) is 0 Å². The maximum absolute atomic E-state index is 11.2. The molecule has 0 spiro atoms. The average molecular weight is 438 g/mol. The van der Waals surface area contributed by atoms with Crippen molar-refractivity contribution in [3.63, 3.8) is 0 Å². The van der Waals surface area contributed by atoms with Gasteiger partial charge in [0.15, 0.2) is 5.72 Å². The first-order valence-electron chi connectivity index (χ1n) is 10.5. The minimum Gasteiger partial charge on any atom is -0.772 e.